The fourth-order valence-electron chi connectivity index (χ4n) is 1.80. The highest BCUT2D eigenvalue weighted by molar-refractivity contribution is 5.89. The summed E-state index contributed by atoms with van der Waals surface area (Å²) in [6.45, 7) is 2.57. The Morgan fingerprint density at radius 3 is 2.45 bits per heavy atom. The molecule has 1 atom stereocenters. The van der Waals surface area contributed by atoms with Crippen LogP contribution in [-0.4, -0.2) is 41.3 Å². The summed E-state index contributed by atoms with van der Waals surface area (Å²) in [6.07, 6.45) is 2.06. The van der Waals surface area contributed by atoms with E-state index < -0.39 is 6.10 Å². The summed E-state index contributed by atoms with van der Waals surface area (Å²) in [5, 5.41) is 20.9. The van der Waals surface area contributed by atoms with Crippen molar-refractivity contribution >= 4 is 11.7 Å². The minimum Gasteiger partial charge on any atom is -0.396 e. The third-order valence-electron chi connectivity index (χ3n) is 3.14. The Kier molecular flexibility index (Phi) is 7.04. The second-order valence-electron chi connectivity index (χ2n) is 4.93. The van der Waals surface area contributed by atoms with Gasteiger partial charge in [-0.1, -0.05) is 12.1 Å². The van der Waals surface area contributed by atoms with Gasteiger partial charge < -0.3 is 20.4 Å². The smallest absolute Gasteiger partial charge is 0.321 e. The lowest BCUT2D eigenvalue weighted by Gasteiger charge is -2.18. The second kappa shape index (κ2) is 8.55. The first kappa shape index (κ1) is 16.5. The molecular formula is C15H24N2O3. The molecule has 0 aliphatic carbocycles. The molecule has 1 rings (SSSR count). The Morgan fingerprint density at radius 2 is 1.90 bits per heavy atom. The van der Waals surface area contributed by atoms with Gasteiger partial charge in [-0.15, -0.1) is 0 Å². The molecule has 0 aromatic heterocycles. The lowest BCUT2D eigenvalue weighted by molar-refractivity contribution is 0.199. The maximum Gasteiger partial charge on any atom is 0.321 e. The number of nitrogens with one attached hydrogen (secondary N) is 1. The number of nitrogens with zero attached hydrogens (tertiary/aromatic N) is 1. The molecule has 1 unspecified atom stereocenters. The van der Waals surface area contributed by atoms with Crippen LogP contribution in [0.4, 0.5) is 10.5 Å². The first-order chi connectivity index (χ1) is 9.54. The molecular weight excluding hydrogens is 256 g/mol. The summed E-state index contributed by atoms with van der Waals surface area (Å²) >= 11 is 0. The van der Waals surface area contributed by atoms with Crippen LogP contribution in [0.25, 0.3) is 0 Å². The van der Waals surface area contributed by atoms with Crippen LogP contribution in [0.2, 0.25) is 0 Å². The molecule has 5 nitrogen and oxygen atoms in total. The molecule has 0 heterocycles. The normalized spacial score (nSPS) is 12.0. The van der Waals surface area contributed by atoms with E-state index in [2.05, 4.69) is 5.32 Å². The third kappa shape index (κ3) is 5.59. The molecule has 0 saturated heterocycles. The number of unbranched alkanes of at least 4 members (excludes halogenated alkanes) is 2. The van der Waals surface area contributed by atoms with Gasteiger partial charge >= 0.3 is 6.03 Å². The zero-order chi connectivity index (χ0) is 15.0. The van der Waals surface area contributed by atoms with E-state index in [0.717, 1.165) is 24.8 Å². The van der Waals surface area contributed by atoms with Gasteiger partial charge in [0.25, 0.3) is 0 Å². The van der Waals surface area contributed by atoms with Crippen LogP contribution in [-0.2, 0) is 0 Å². The Labute approximate surface area is 120 Å². The van der Waals surface area contributed by atoms with Crippen molar-refractivity contribution in [1.82, 2.24) is 4.90 Å². The average Bonchev–Trinajstić information content (AvgIpc) is 2.44. The van der Waals surface area contributed by atoms with Crippen molar-refractivity contribution in [3.8, 4) is 0 Å². The van der Waals surface area contributed by atoms with Crippen molar-refractivity contribution in [3.05, 3.63) is 29.8 Å². The van der Waals surface area contributed by atoms with Crippen molar-refractivity contribution < 1.29 is 15.0 Å². The molecule has 0 fully saturated rings. The summed E-state index contributed by atoms with van der Waals surface area (Å²) in [6, 6.07) is 6.99. The number of anilines is 1. The topological polar surface area (TPSA) is 72.8 Å². The highest BCUT2D eigenvalue weighted by Crippen LogP contribution is 2.15. The minimum absolute atomic E-state index is 0.154. The number of aliphatic hydroxyl groups excluding tert-OH is 2. The summed E-state index contributed by atoms with van der Waals surface area (Å²) in [5.74, 6) is 0. The van der Waals surface area contributed by atoms with Crippen molar-refractivity contribution in [1.29, 1.82) is 0 Å². The van der Waals surface area contributed by atoms with E-state index in [-0.39, 0.29) is 12.6 Å². The Hall–Kier alpha value is -1.59. The van der Waals surface area contributed by atoms with Crippen LogP contribution in [0.15, 0.2) is 24.3 Å². The van der Waals surface area contributed by atoms with Crippen LogP contribution in [0.1, 0.15) is 37.9 Å². The summed E-state index contributed by atoms with van der Waals surface area (Å²) in [4.78, 5) is 13.5. The fraction of sp³-hybridized carbons (Fsp3) is 0.533. The minimum atomic E-state index is -0.506. The largest absolute Gasteiger partial charge is 0.396 e. The van der Waals surface area contributed by atoms with Crippen molar-refractivity contribution in [3.63, 3.8) is 0 Å². The van der Waals surface area contributed by atoms with Crippen LogP contribution in [0.5, 0.6) is 0 Å². The standard InChI is InChI=1S/C15H24N2O3/c1-12(19)13-6-8-14(9-7-13)16-15(20)17(2)10-4-3-5-11-18/h6-9,12,18-19H,3-5,10-11H2,1-2H3,(H,16,20). The van der Waals surface area contributed by atoms with Crippen LogP contribution in [0, 0.1) is 0 Å². The summed E-state index contributed by atoms with van der Waals surface area (Å²) in [7, 11) is 1.75. The van der Waals surface area contributed by atoms with Crippen LogP contribution >= 0.6 is 0 Å². The van der Waals surface area contributed by atoms with Crippen molar-refractivity contribution in [2.75, 3.05) is 25.5 Å². The van der Waals surface area contributed by atoms with Crippen LogP contribution in [0.3, 0.4) is 0 Å². The van der Waals surface area contributed by atoms with Gasteiger partial charge in [0.05, 0.1) is 6.10 Å². The zero-order valence-electron chi connectivity index (χ0n) is 12.2. The first-order valence-electron chi connectivity index (χ1n) is 6.95. The maximum atomic E-state index is 11.9. The molecule has 3 N–H and O–H groups in total. The molecule has 0 bridgehead atoms. The number of urea groups is 1. The SMILES string of the molecule is CC(O)c1ccc(NC(=O)N(C)CCCCCO)cc1. The number of aliphatic hydroxyl groups is 2. The van der Waals surface area contributed by atoms with E-state index in [4.69, 9.17) is 5.11 Å². The van der Waals surface area contributed by atoms with Gasteiger partial charge in [0.1, 0.15) is 0 Å². The van der Waals surface area contributed by atoms with E-state index in [0.29, 0.717) is 12.2 Å². The highest BCUT2D eigenvalue weighted by Gasteiger charge is 2.08. The predicted molar refractivity (Wildman–Crippen MR) is 79.7 cm³/mol. The fourth-order valence-corrected chi connectivity index (χ4v) is 1.80. The molecule has 0 radical (unpaired) electrons. The quantitative estimate of drug-likeness (QED) is 0.671. The molecule has 2 amide bonds. The van der Waals surface area contributed by atoms with Gasteiger partial charge in [-0.05, 0) is 43.9 Å². The summed E-state index contributed by atoms with van der Waals surface area (Å²) in [5.41, 5.74) is 1.53. The van der Waals surface area contributed by atoms with Gasteiger partial charge in [0.15, 0.2) is 0 Å². The lowest BCUT2D eigenvalue weighted by Crippen LogP contribution is -2.32. The van der Waals surface area contributed by atoms with E-state index in [1.165, 1.54) is 0 Å². The van der Waals surface area contributed by atoms with Gasteiger partial charge in [0, 0.05) is 25.9 Å². The molecule has 0 saturated carbocycles. The van der Waals surface area contributed by atoms with E-state index in [1.807, 2.05) is 0 Å². The maximum absolute atomic E-state index is 11.9. The molecule has 0 spiro atoms. The van der Waals surface area contributed by atoms with Gasteiger partial charge in [-0.2, -0.15) is 0 Å². The molecule has 20 heavy (non-hydrogen) atoms. The third-order valence-corrected chi connectivity index (χ3v) is 3.14. The van der Waals surface area contributed by atoms with Crippen LogP contribution < -0.4 is 5.32 Å². The van der Waals surface area contributed by atoms with E-state index in [1.54, 1.807) is 43.1 Å². The molecule has 1 aromatic carbocycles. The number of carbonyl (C=O) groups is 1. The molecule has 0 aliphatic heterocycles. The molecule has 1 aromatic rings. The van der Waals surface area contributed by atoms with Gasteiger partial charge in [0.2, 0.25) is 0 Å². The Morgan fingerprint density at radius 1 is 1.25 bits per heavy atom. The molecule has 0 aliphatic rings. The number of hydrogen-bond acceptors (Lipinski definition) is 3. The Bertz CT molecular complexity index is 404. The number of benzene rings is 1. The van der Waals surface area contributed by atoms with Gasteiger partial charge in [-0.25, -0.2) is 4.79 Å². The van der Waals surface area contributed by atoms with Crippen molar-refractivity contribution in [2.24, 2.45) is 0 Å². The molecule has 5 heteroatoms. The number of carbonyl (C=O) groups excluding carboxylic acids is 1. The predicted octanol–water partition coefficient (Wildman–Crippen LogP) is 2.37. The number of rotatable bonds is 7. The van der Waals surface area contributed by atoms with E-state index >= 15 is 0 Å². The monoisotopic (exact) mass is 280 g/mol. The van der Waals surface area contributed by atoms with Crippen molar-refractivity contribution in [2.45, 2.75) is 32.3 Å². The first-order valence-corrected chi connectivity index (χ1v) is 6.95. The number of hydrogen-bond donors (Lipinski definition) is 3. The van der Waals surface area contributed by atoms with Gasteiger partial charge in [-0.3, -0.25) is 0 Å². The second-order valence-corrected chi connectivity index (χ2v) is 4.93. The van der Waals surface area contributed by atoms with E-state index in [9.17, 15) is 9.90 Å². The molecule has 112 valence electrons. The Balaban J connectivity index is 2.40. The zero-order valence-corrected chi connectivity index (χ0v) is 12.2. The lowest BCUT2D eigenvalue weighted by atomic mass is 10.1. The average molecular weight is 280 g/mol. The highest BCUT2D eigenvalue weighted by atomic mass is 16.3. The number of amides is 2. The summed E-state index contributed by atoms with van der Waals surface area (Å²) < 4.78 is 0.